The number of carbonyl (C=O) groups is 1. The van der Waals surface area contributed by atoms with Gasteiger partial charge in [-0.15, -0.1) is 0 Å². The summed E-state index contributed by atoms with van der Waals surface area (Å²) >= 11 is 0. The Bertz CT molecular complexity index is 1290. The third kappa shape index (κ3) is 5.53. The van der Waals surface area contributed by atoms with Crippen LogP contribution in [0.5, 0.6) is 0 Å². The molecule has 166 valence electrons. The molecular weight excluding hydrogens is 420 g/mol. The van der Waals surface area contributed by atoms with E-state index in [0.29, 0.717) is 23.8 Å². The molecule has 8 nitrogen and oxygen atoms in total. The number of carbonyl (C=O) groups excluding carboxylic acids is 1. The topological polar surface area (TPSA) is 103 Å². The van der Waals surface area contributed by atoms with Gasteiger partial charge >= 0.3 is 5.97 Å². The second-order valence-electron chi connectivity index (χ2n) is 7.39. The van der Waals surface area contributed by atoms with Crippen molar-refractivity contribution in [3.63, 3.8) is 0 Å². The van der Waals surface area contributed by atoms with E-state index >= 15 is 0 Å². The minimum Gasteiger partial charge on any atom is -0.469 e. The molecule has 4 rings (SSSR count). The lowest BCUT2D eigenvalue weighted by atomic mass is 10.1. The normalized spacial score (nSPS) is 11.5. The molecule has 0 radical (unpaired) electrons. The van der Waals surface area contributed by atoms with Gasteiger partial charge in [-0.25, -0.2) is 4.98 Å². The molecule has 0 saturated carbocycles. The van der Waals surface area contributed by atoms with Gasteiger partial charge in [0.05, 0.1) is 25.8 Å². The third-order valence-electron chi connectivity index (χ3n) is 4.91. The molecule has 0 saturated heterocycles. The number of aromatic nitrogens is 4. The van der Waals surface area contributed by atoms with Crippen molar-refractivity contribution >= 4 is 5.97 Å². The van der Waals surface area contributed by atoms with Crippen molar-refractivity contribution < 1.29 is 19.2 Å². The number of imidazole rings is 1. The van der Waals surface area contributed by atoms with Gasteiger partial charge in [-0.2, -0.15) is 0 Å². The molecule has 1 unspecified atom stereocenters. The van der Waals surface area contributed by atoms with Gasteiger partial charge in [0.15, 0.2) is 5.76 Å². The lowest BCUT2D eigenvalue weighted by Gasteiger charge is -2.07. The average molecular weight is 442 g/mol. The van der Waals surface area contributed by atoms with Gasteiger partial charge in [-0.3, -0.25) is 9.78 Å². The number of hydrogen-bond donors (Lipinski definition) is 1. The van der Waals surface area contributed by atoms with Crippen molar-refractivity contribution in [3.8, 4) is 23.2 Å². The zero-order valence-electron chi connectivity index (χ0n) is 18.2. The van der Waals surface area contributed by atoms with E-state index in [1.165, 1.54) is 7.11 Å². The number of pyridine rings is 1. The second kappa shape index (κ2) is 9.94. The summed E-state index contributed by atoms with van der Waals surface area (Å²) in [5.41, 5.74) is 3.85. The van der Waals surface area contributed by atoms with E-state index in [9.17, 15) is 9.90 Å². The number of benzene rings is 1. The number of ether oxygens (including phenoxy) is 1. The number of esters is 1. The van der Waals surface area contributed by atoms with E-state index in [-0.39, 0.29) is 12.4 Å². The van der Waals surface area contributed by atoms with Crippen molar-refractivity contribution in [1.82, 2.24) is 19.7 Å². The van der Waals surface area contributed by atoms with Crippen LogP contribution in [0, 0.1) is 11.8 Å². The van der Waals surface area contributed by atoms with Crippen LogP contribution in [0.4, 0.5) is 0 Å². The van der Waals surface area contributed by atoms with Crippen LogP contribution < -0.4 is 0 Å². The Hall–Kier alpha value is -4.22. The van der Waals surface area contributed by atoms with Crippen molar-refractivity contribution in [2.75, 3.05) is 7.11 Å². The maximum atomic E-state index is 11.3. The van der Waals surface area contributed by atoms with E-state index in [1.807, 2.05) is 41.0 Å². The minimum atomic E-state index is -0.659. The van der Waals surface area contributed by atoms with Crippen LogP contribution in [0.3, 0.4) is 0 Å². The molecule has 1 aromatic carbocycles. The molecule has 0 bridgehead atoms. The van der Waals surface area contributed by atoms with Gasteiger partial charge in [0.1, 0.15) is 17.6 Å². The quantitative estimate of drug-likeness (QED) is 0.361. The Labute approximate surface area is 190 Å². The molecule has 0 amide bonds. The highest BCUT2D eigenvalue weighted by Gasteiger charge is 2.12. The van der Waals surface area contributed by atoms with Crippen molar-refractivity contribution in [2.24, 2.45) is 0 Å². The summed E-state index contributed by atoms with van der Waals surface area (Å²) in [6.07, 6.45) is 4.56. The van der Waals surface area contributed by atoms with Crippen molar-refractivity contribution in [3.05, 3.63) is 89.4 Å². The molecule has 4 aromatic rings. The van der Waals surface area contributed by atoms with Crippen LogP contribution in [-0.2, 0) is 22.5 Å². The first-order chi connectivity index (χ1) is 16.0. The molecule has 0 aliphatic carbocycles. The number of nitrogens with zero attached hydrogens (tertiary/aromatic N) is 4. The summed E-state index contributed by atoms with van der Waals surface area (Å²) in [7, 11) is 1.35. The van der Waals surface area contributed by atoms with E-state index in [1.54, 1.807) is 31.6 Å². The van der Waals surface area contributed by atoms with Gasteiger partial charge in [-0.05, 0) is 43.3 Å². The van der Waals surface area contributed by atoms with Crippen LogP contribution in [0.2, 0.25) is 0 Å². The average Bonchev–Trinajstić information content (AvgIpc) is 3.49. The molecule has 0 aliphatic rings. The maximum Gasteiger partial charge on any atom is 0.311 e. The molecule has 1 N–H and O–H groups in total. The molecule has 0 fully saturated rings. The van der Waals surface area contributed by atoms with Crippen LogP contribution in [0.1, 0.15) is 41.4 Å². The molecule has 3 aromatic heterocycles. The van der Waals surface area contributed by atoms with E-state index in [0.717, 1.165) is 22.4 Å². The fourth-order valence-corrected chi connectivity index (χ4v) is 3.20. The molecule has 3 heterocycles. The first kappa shape index (κ1) is 22.0. The zero-order chi connectivity index (χ0) is 23.2. The summed E-state index contributed by atoms with van der Waals surface area (Å²) < 4.78 is 12.0. The Morgan fingerprint density at radius 3 is 2.58 bits per heavy atom. The van der Waals surface area contributed by atoms with Crippen molar-refractivity contribution in [1.29, 1.82) is 0 Å². The molecular formula is C25H22N4O4. The smallest absolute Gasteiger partial charge is 0.311 e. The minimum absolute atomic E-state index is 0.138. The van der Waals surface area contributed by atoms with Gasteiger partial charge in [0.2, 0.25) is 0 Å². The monoisotopic (exact) mass is 442 g/mol. The molecule has 0 aliphatic heterocycles. The number of hydrogen-bond acceptors (Lipinski definition) is 7. The fraction of sp³-hybridized carbons (Fsp3) is 0.200. The Kier molecular flexibility index (Phi) is 6.62. The van der Waals surface area contributed by atoms with Gasteiger partial charge in [0, 0.05) is 41.3 Å². The maximum absolute atomic E-state index is 11.3. The molecule has 33 heavy (non-hydrogen) atoms. The summed E-state index contributed by atoms with van der Waals surface area (Å²) in [4.78, 5) is 19.7. The van der Waals surface area contributed by atoms with Gasteiger partial charge < -0.3 is 18.9 Å². The Morgan fingerprint density at radius 1 is 1.12 bits per heavy atom. The van der Waals surface area contributed by atoms with Gasteiger partial charge in [0.25, 0.3) is 0 Å². The van der Waals surface area contributed by atoms with Crippen LogP contribution in [-0.4, -0.2) is 37.9 Å². The molecule has 8 heteroatoms. The summed E-state index contributed by atoms with van der Waals surface area (Å²) in [5, 5.41) is 13.9. The highest BCUT2D eigenvalue weighted by Crippen LogP contribution is 2.22. The first-order valence-corrected chi connectivity index (χ1v) is 10.3. The third-order valence-corrected chi connectivity index (χ3v) is 4.91. The predicted octanol–water partition coefficient (Wildman–Crippen LogP) is 3.15. The summed E-state index contributed by atoms with van der Waals surface area (Å²) in [6, 6.07) is 13.1. The first-order valence-electron chi connectivity index (χ1n) is 10.3. The fourth-order valence-electron chi connectivity index (χ4n) is 3.20. The lowest BCUT2D eigenvalue weighted by Crippen LogP contribution is -2.07. The Morgan fingerprint density at radius 2 is 1.88 bits per heavy atom. The van der Waals surface area contributed by atoms with Crippen LogP contribution in [0.25, 0.3) is 11.3 Å². The van der Waals surface area contributed by atoms with E-state index in [4.69, 9.17) is 4.52 Å². The highest BCUT2D eigenvalue weighted by atomic mass is 16.5. The second-order valence-corrected chi connectivity index (χ2v) is 7.39. The molecule has 0 spiro atoms. The Balaban J connectivity index is 1.41. The van der Waals surface area contributed by atoms with Crippen LogP contribution >= 0.6 is 0 Å². The highest BCUT2D eigenvalue weighted by molar-refractivity contribution is 5.71. The zero-order valence-corrected chi connectivity index (χ0v) is 18.2. The standard InChI is InChI=1S/C25H22N4O4/c1-17(30)25-26-11-12-29(25)16-22-13-23(33-28-22)20-8-5-18(6-9-20)3-4-19-7-10-21(27-15-19)14-24(31)32-2/h5-13,15,17,30H,14,16H2,1-2H3. The van der Waals surface area contributed by atoms with Crippen molar-refractivity contribution in [2.45, 2.75) is 26.0 Å². The lowest BCUT2D eigenvalue weighted by molar-refractivity contribution is -0.139. The van der Waals surface area contributed by atoms with Crippen LogP contribution in [0.15, 0.2) is 65.6 Å². The predicted molar refractivity (Wildman–Crippen MR) is 120 cm³/mol. The van der Waals surface area contributed by atoms with Gasteiger partial charge in [-0.1, -0.05) is 17.0 Å². The number of aliphatic hydroxyl groups is 1. The number of rotatable bonds is 6. The SMILES string of the molecule is COC(=O)Cc1ccc(C#Cc2ccc(-c3cc(Cn4ccnc4C(C)O)no3)cc2)cn1. The van der Waals surface area contributed by atoms with E-state index in [2.05, 4.69) is 31.7 Å². The molecule has 1 atom stereocenters. The summed E-state index contributed by atoms with van der Waals surface area (Å²) in [6.45, 7) is 2.13. The summed E-state index contributed by atoms with van der Waals surface area (Å²) in [5.74, 6) is 7.06. The number of aliphatic hydroxyl groups excluding tert-OH is 1. The van der Waals surface area contributed by atoms with E-state index < -0.39 is 6.10 Å². The number of methoxy groups -OCH3 is 1. The largest absolute Gasteiger partial charge is 0.469 e.